The van der Waals surface area contributed by atoms with E-state index < -0.39 is 12.6 Å². The summed E-state index contributed by atoms with van der Waals surface area (Å²) in [5.41, 5.74) is 1.63. The smallest absolute Gasteiger partial charge is 0.356 e. The third-order valence-electron chi connectivity index (χ3n) is 3.10. The van der Waals surface area contributed by atoms with Crippen molar-refractivity contribution in [2.24, 2.45) is 4.99 Å². The van der Waals surface area contributed by atoms with Crippen LogP contribution in [0.1, 0.15) is 31.7 Å². The molecule has 0 aliphatic heterocycles. The molecule has 0 unspecified atom stereocenters. The minimum atomic E-state index is -4.19. The second-order valence-corrected chi connectivity index (χ2v) is 5.21. The van der Waals surface area contributed by atoms with Crippen LogP contribution in [-0.4, -0.2) is 31.6 Å². The number of amides is 1. The quantitative estimate of drug-likeness (QED) is 0.323. The average molecular weight is 472 g/mol. The summed E-state index contributed by atoms with van der Waals surface area (Å²) in [6.45, 7) is 2.12. The predicted molar refractivity (Wildman–Crippen MR) is 104 cm³/mol. The highest BCUT2D eigenvalue weighted by molar-refractivity contribution is 14.0. The van der Waals surface area contributed by atoms with E-state index in [0.717, 1.165) is 12.0 Å². The zero-order valence-corrected chi connectivity index (χ0v) is 16.6. The van der Waals surface area contributed by atoms with Crippen molar-refractivity contribution < 1.29 is 18.0 Å². The number of hydrogen-bond acceptors (Lipinski definition) is 2. The van der Waals surface area contributed by atoms with Crippen molar-refractivity contribution in [2.45, 2.75) is 38.9 Å². The molecule has 1 aromatic rings. The number of alkyl halides is 3. The maximum Gasteiger partial charge on any atom is 0.390 e. The highest BCUT2D eigenvalue weighted by atomic mass is 127. The van der Waals surface area contributed by atoms with Gasteiger partial charge in [0.15, 0.2) is 5.96 Å². The van der Waals surface area contributed by atoms with Crippen LogP contribution in [0.4, 0.5) is 18.9 Å². The van der Waals surface area contributed by atoms with Crippen molar-refractivity contribution in [3.63, 3.8) is 0 Å². The van der Waals surface area contributed by atoms with Gasteiger partial charge in [-0.15, -0.1) is 24.0 Å². The van der Waals surface area contributed by atoms with Crippen molar-refractivity contribution in [2.75, 3.05) is 18.9 Å². The molecule has 0 aliphatic rings. The highest BCUT2D eigenvalue weighted by Crippen LogP contribution is 2.18. The number of guanidine groups is 1. The molecule has 0 atom stereocenters. The molecule has 1 rings (SSSR count). The van der Waals surface area contributed by atoms with Crippen LogP contribution in [0.15, 0.2) is 29.3 Å². The fourth-order valence-electron chi connectivity index (χ4n) is 1.89. The van der Waals surface area contributed by atoms with Gasteiger partial charge in [0, 0.05) is 32.2 Å². The first-order valence-electron chi connectivity index (χ1n) is 7.74. The van der Waals surface area contributed by atoms with E-state index in [9.17, 15) is 18.0 Å². The number of halogens is 4. The molecule has 142 valence electrons. The minimum absolute atomic E-state index is 0. The fraction of sp³-hybridized carbons (Fsp3) is 0.500. The van der Waals surface area contributed by atoms with Crippen LogP contribution in [0.2, 0.25) is 0 Å². The fourth-order valence-corrected chi connectivity index (χ4v) is 1.89. The zero-order valence-electron chi connectivity index (χ0n) is 14.2. The average Bonchev–Trinajstić information content (AvgIpc) is 2.51. The topological polar surface area (TPSA) is 65.5 Å². The summed E-state index contributed by atoms with van der Waals surface area (Å²) >= 11 is 0. The van der Waals surface area contributed by atoms with Crippen molar-refractivity contribution >= 4 is 41.5 Å². The standard InChI is InChI=1S/C16H23F3N4O.HI/c1-3-4-14(24)23-13-7-5-12(6-8-13)11-22-15(20-2)21-10-9-16(17,18)19;/h5-8H,3-4,9-11H2,1-2H3,(H,23,24)(H2,20,21,22);1H. The molecule has 0 aromatic heterocycles. The van der Waals surface area contributed by atoms with E-state index >= 15 is 0 Å². The first-order valence-corrected chi connectivity index (χ1v) is 7.74. The summed E-state index contributed by atoms with van der Waals surface area (Å²) in [6, 6.07) is 7.23. The Kier molecular flexibility index (Phi) is 11.2. The van der Waals surface area contributed by atoms with E-state index in [-0.39, 0.29) is 36.4 Å². The Hall–Kier alpha value is -1.52. The molecule has 25 heavy (non-hydrogen) atoms. The van der Waals surface area contributed by atoms with Crippen molar-refractivity contribution in [1.29, 1.82) is 0 Å². The Labute approximate surface area is 162 Å². The van der Waals surface area contributed by atoms with Crippen LogP contribution in [-0.2, 0) is 11.3 Å². The number of carbonyl (C=O) groups excluding carboxylic acids is 1. The normalized spacial score (nSPS) is 11.5. The molecule has 0 aliphatic carbocycles. The van der Waals surface area contributed by atoms with Gasteiger partial charge in [0.25, 0.3) is 0 Å². The number of carbonyl (C=O) groups is 1. The SMILES string of the molecule is CCCC(=O)Nc1ccc(CNC(=NC)NCCC(F)(F)F)cc1.I. The molecule has 0 spiro atoms. The van der Waals surface area contributed by atoms with E-state index in [0.29, 0.717) is 24.6 Å². The van der Waals surface area contributed by atoms with E-state index in [2.05, 4.69) is 20.9 Å². The van der Waals surface area contributed by atoms with E-state index in [4.69, 9.17) is 0 Å². The van der Waals surface area contributed by atoms with Gasteiger partial charge in [0.05, 0.1) is 6.42 Å². The molecule has 0 saturated carbocycles. The number of nitrogens with one attached hydrogen (secondary N) is 3. The van der Waals surface area contributed by atoms with Crippen LogP contribution < -0.4 is 16.0 Å². The number of benzene rings is 1. The van der Waals surface area contributed by atoms with Gasteiger partial charge in [-0.1, -0.05) is 19.1 Å². The van der Waals surface area contributed by atoms with Crippen LogP contribution >= 0.6 is 24.0 Å². The van der Waals surface area contributed by atoms with E-state index in [1.807, 2.05) is 19.1 Å². The summed E-state index contributed by atoms with van der Waals surface area (Å²) in [5.74, 6) is 0.275. The zero-order chi connectivity index (χ0) is 18.0. The predicted octanol–water partition coefficient (Wildman–Crippen LogP) is 3.66. The lowest BCUT2D eigenvalue weighted by atomic mass is 10.2. The van der Waals surface area contributed by atoms with Crippen LogP contribution in [0.5, 0.6) is 0 Å². The Bertz CT molecular complexity index is 547. The monoisotopic (exact) mass is 472 g/mol. The lowest BCUT2D eigenvalue weighted by Gasteiger charge is -2.13. The molecular weight excluding hydrogens is 448 g/mol. The van der Waals surface area contributed by atoms with E-state index in [1.54, 1.807) is 12.1 Å². The summed E-state index contributed by atoms with van der Waals surface area (Å²) in [7, 11) is 1.50. The van der Waals surface area contributed by atoms with Crippen LogP contribution in [0.3, 0.4) is 0 Å². The second kappa shape index (κ2) is 11.9. The Morgan fingerprint density at radius 2 is 1.80 bits per heavy atom. The number of aliphatic imine (C=N–C) groups is 1. The third kappa shape index (κ3) is 10.8. The summed E-state index contributed by atoms with van der Waals surface area (Å²) < 4.78 is 36.3. The van der Waals surface area contributed by atoms with Gasteiger partial charge >= 0.3 is 6.18 Å². The van der Waals surface area contributed by atoms with Gasteiger partial charge in [-0.05, 0) is 24.1 Å². The van der Waals surface area contributed by atoms with Gasteiger partial charge in [-0.2, -0.15) is 13.2 Å². The summed E-state index contributed by atoms with van der Waals surface area (Å²) in [5, 5.41) is 8.33. The minimum Gasteiger partial charge on any atom is -0.356 e. The molecule has 3 N–H and O–H groups in total. The molecule has 1 aromatic carbocycles. The van der Waals surface area contributed by atoms with Crippen molar-refractivity contribution in [1.82, 2.24) is 10.6 Å². The second-order valence-electron chi connectivity index (χ2n) is 5.21. The Balaban J connectivity index is 0.00000576. The van der Waals surface area contributed by atoms with E-state index in [1.165, 1.54) is 7.05 Å². The molecule has 0 heterocycles. The summed E-state index contributed by atoms with van der Waals surface area (Å²) in [6.07, 6.45) is -3.85. The molecule has 0 bridgehead atoms. The molecule has 5 nitrogen and oxygen atoms in total. The first kappa shape index (κ1) is 23.5. The van der Waals surface area contributed by atoms with Gasteiger partial charge in [-0.3, -0.25) is 9.79 Å². The molecule has 0 fully saturated rings. The number of anilines is 1. The number of nitrogens with zero attached hydrogens (tertiary/aromatic N) is 1. The Morgan fingerprint density at radius 1 is 1.16 bits per heavy atom. The van der Waals surface area contributed by atoms with Gasteiger partial charge in [-0.25, -0.2) is 0 Å². The van der Waals surface area contributed by atoms with Crippen molar-refractivity contribution in [3.8, 4) is 0 Å². The first-order chi connectivity index (χ1) is 11.3. The number of hydrogen-bond donors (Lipinski definition) is 3. The van der Waals surface area contributed by atoms with Gasteiger partial charge in [0.1, 0.15) is 0 Å². The third-order valence-corrected chi connectivity index (χ3v) is 3.10. The largest absolute Gasteiger partial charge is 0.390 e. The Morgan fingerprint density at radius 3 is 2.32 bits per heavy atom. The van der Waals surface area contributed by atoms with Crippen LogP contribution in [0, 0.1) is 0 Å². The molecule has 1 amide bonds. The molecule has 0 saturated heterocycles. The molecular formula is C16H24F3IN4O. The molecule has 0 radical (unpaired) electrons. The maximum absolute atomic E-state index is 12.1. The molecule has 9 heteroatoms. The van der Waals surface area contributed by atoms with Gasteiger partial charge in [0.2, 0.25) is 5.91 Å². The lowest BCUT2D eigenvalue weighted by molar-refractivity contribution is -0.132. The van der Waals surface area contributed by atoms with Gasteiger partial charge < -0.3 is 16.0 Å². The number of rotatable bonds is 7. The van der Waals surface area contributed by atoms with Crippen molar-refractivity contribution in [3.05, 3.63) is 29.8 Å². The maximum atomic E-state index is 12.1. The summed E-state index contributed by atoms with van der Waals surface area (Å²) in [4.78, 5) is 15.4. The lowest BCUT2D eigenvalue weighted by Crippen LogP contribution is -2.38. The van der Waals surface area contributed by atoms with Crippen LogP contribution in [0.25, 0.3) is 0 Å². The highest BCUT2D eigenvalue weighted by Gasteiger charge is 2.26.